The van der Waals surface area contributed by atoms with E-state index in [4.69, 9.17) is 0 Å². The molecule has 1 heterocycles. The third-order valence-corrected chi connectivity index (χ3v) is 3.59. The lowest BCUT2D eigenvalue weighted by Crippen LogP contribution is -2.48. The molecule has 15 heavy (non-hydrogen) atoms. The van der Waals surface area contributed by atoms with E-state index in [0.717, 1.165) is 6.04 Å². The number of likely N-dealkylation sites (tertiary alicyclic amines) is 1. The zero-order valence-electron chi connectivity index (χ0n) is 10.5. The van der Waals surface area contributed by atoms with Crippen molar-refractivity contribution in [2.45, 2.75) is 45.2 Å². The van der Waals surface area contributed by atoms with Gasteiger partial charge in [-0.3, -0.25) is 0 Å². The predicted octanol–water partition coefficient (Wildman–Crippen LogP) is 2.20. The van der Waals surface area contributed by atoms with Gasteiger partial charge in [-0.2, -0.15) is 11.8 Å². The smallest absolute Gasteiger partial charge is 0.0197 e. The zero-order valence-corrected chi connectivity index (χ0v) is 11.3. The van der Waals surface area contributed by atoms with Gasteiger partial charge >= 0.3 is 0 Å². The Labute approximate surface area is 99.2 Å². The quantitative estimate of drug-likeness (QED) is 0.704. The molecule has 1 fully saturated rings. The van der Waals surface area contributed by atoms with Crippen molar-refractivity contribution in [3.05, 3.63) is 0 Å². The van der Waals surface area contributed by atoms with Gasteiger partial charge in [-0.05, 0) is 44.4 Å². The summed E-state index contributed by atoms with van der Waals surface area (Å²) in [6, 6.07) is 1.36. The van der Waals surface area contributed by atoms with E-state index >= 15 is 0 Å². The number of piperidine rings is 1. The molecule has 0 aliphatic carbocycles. The number of rotatable bonds is 6. The molecule has 0 radical (unpaired) electrons. The Morgan fingerprint density at radius 2 is 2.27 bits per heavy atom. The van der Waals surface area contributed by atoms with Gasteiger partial charge < -0.3 is 10.2 Å². The summed E-state index contributed by atoms with van der Waals surface area (Å²) in [5, 5.41) is 3.66. The lowest BCUT2D eigenvalue weighted by Gasteiger charge is -2.34. The van der Waals surface area contributed by atoms with Crippen molar-refractivity contribution >= 4 is 11.8 Å². The Morgan fingerprint density at radius 1 is 1.47 bits per heavy atom. The first-order valence-corrected chi connectivity index (χ1v) is 7.59. The second kappa shape index (κ2) is 7.53. The van der Waals surface area contributed by atoms with Crippen LogP contribution in [-0.4, -0.2) is 48.6 Å². The number of nitrogens with one attached hydrogen (secondary N) is 1. The molecule has 0 saturated carbocycles. The fraction of sp³-hybridized carbons (Fsp3) is 1.00. The lowest BCUT2D eigenvalue weighted by atomic mass is 10.0. The van der Waals surface area contributed by atoms with E-state index in [0.29, 0.717) is 6.04 Å². The van der Waals surface area contributed by atoms with Crippen LogP contribution in [-0.2, 0) is 0 Å². The monoisotopic (exact) mass is 230 g/mol. The molecule has 0 spiro atoms. The first-order valence-electron chi connectivity index (χ1n) is 6.19. The van der Waals surface area contributed by atoms with Crippen molar-refractivity contribution in [3.8, 4) is 0 Å². The normalized spacial score (nSPS) is 23.6. The summed E-state index contributed by atoms with van der Waals surface area (Å²) in [4.78, 5) is 2.62. The van der Waals surface area contributed by atoms with Crippen LogP contribution in [0.15, 0.2) is 0 Å². The average Bonchev–Trinajstić information content (AvgIpc) is 2.18. The minimum Gasteiger partial charge on any atom is -0.311 e. The van der Waals surface area contributed by atoms with Crippen molar-refractivity contribution in [1.29, 1.82) is 0 Å². The van der Waals surface area contributed by atoms with E-state index in [-0.39, 0.29) is 0 Å². The summed E-state index contributed by atoms with van der Waals surface area (Å²) >= 11 is 1.96. The topological polar surface area (TPSA) is 15.3 Å². The number of thioether (sulfide) groups is 1. The summed E-state index contributed by atoms with van der Waals surface area (Å²) in [6.45, 7) is 8.34. The Hall–Kier alpha value is 0.270. The van der Waals surface area contributed by atoms with E-state index in [2.05, 4.69) is 30.3 Å². The van der Waals surface area contributed by atoms with Crippen LogP contribution < -0.4 is 5.32 Å². The Balaban J connectivity index is 2.17. The number of hydrogen-bond donors (Lipinski definition) is 1. The third kappa shape index (κ3) is 5.79. The first-order chi connectivity index (χ1) is 7.22. The molecule has 3 heteroatoms. The zero-order chi connectivity index (χ0) is 11.1. The largest absolute Gasteiger partial charge is 0.311 e. The lowest BCUT2D eigenvalue weighted by molar-refractivity contribution is 0.186. The van der Waals surface area contributed by atoms with E-state index in [1.54, 1.807) is 0 Å². The molecule has 1 unspecified atom stereocenters. The highest BCUT2D eigenvalue weighted by molar-refractivity contribution is 7.98. The summed E-state index contributed by atoms with van der Waals surface area (Å²) < 4.78 is 0. The molecule has 1 saturated heterocycles. The molecule has 0 aromatic carbocycles. The first kappa shape index (κ1) is 13.3. The predicted molar refractivity (Wildman–Crippen MR) is 70.7 cm³/mol. The van der Waals surface area contributed by atoms with Crippen LogP contribution in [0.1, 0.15) is 33.1 Å². The van der Waals surface area contributed by atoms with Crippen LogP contribution in [0.4, 0.5) is 0 Å². The van der Waals surface area contributed by atoms with Crippen molar-refractivity contribution in [3.63, 3.8) is 0 Å². The van der Waals surface area contributed by atoms with E-state index in [1.165, 1.54) is 44.6 Å². The van der Waals surface area contributed by atoms with Crippen LogP contribution in [0.3, 0.4) is 0 Å². The molecule has 1 atom stereocenters. The summed E-state index contributed by atoms with van der Waals surface area (Å²) in [5.41, 5.74) is 0. The minimum atomic E-state index is 0.626. The molecule has 0 bridgehead atoms. The van der Waals surface area contributed by atoms with Crippen molar-refractivity contribution in [1.82, 2.24) is 10.2 Å². The Bertz CT molecular complexity index is 162. The number of nitrogens with zero attached hydrogens (tertiary/aromatic N) is 1. The standard InChI is InChI=1S/C12H26N2S/c1-11(2)13-12-6-4-7-14(10-12)8-5-9-15-3/h11-13H,4-10H2,1-3H3. The van der Waals surface area contributed by atoms with Gasteiger partial charge in [0.2, 0.25) is 0 Å². The van der Waals surface area contributed by atoms with Crippen LogP contribution >= 0.6 is 11.8 Å². The second-order valence-electron chi connectivity index (χ2n) is 4.81. The van der Waals surface area contributed by atoms with Crippen molar-refractivity contribution < 1.29 is 0 Å². The molecular weight excluding hydrogens is 204 g/mol. The molecule has 0 aromatic rings. The summed E-state index contributed by atoms with van der Waals surface area (Å²) in [6.07, 6.45) is 6.26. The van der Waals surface area contributed by atoms with Crippen molar-refractivity contribution in [2.75, 3.05) is 31.6 Å². The molecule has 0 amide bonds. The molecule has 2 nitrogen and oxygen atoms in total. The molecule has 90 valence electrons. The van der Waals surface area contributed by atoms with E-state index in [9.17, 15) is 0 Å². The van der Waals surface area contributed by atoms with Crippen LogP contribution in [0.2, 0.25) is 0 Å². The van der Waals surface area contributed by atoms with Gasteiger partial charge in [0, 0.05) is 18.6 Å². The highest BCUT2D eigenvalue weighted by Gasteiger charge is 2.19. The molecule has 1 N–H and O–H groups in total. The summed E-state index contributed by atoms with van der Waals surface area (Å²) in [5.74, 6) is 1.30. The van der Waals surface area contributed by atoms with Gasteiger partial charge in [0.1, 0.15) is 0 Å². The van der Waals surface area contributed by atoms with Gasteiger partial charge in [0.15, 0.2) is 0 Å². The van der Waals surface area contributed by atoms with Gasteiger partial charge in [-0.15, -0.1) is 0 Å². The highest BCUT2D eigenvalue weighted by Crippen LogP contribution is 2.11. The maximum absolute atomic E-state index is 3.66. The SMILES string of the molecule is CSCCCN1CCCC(NC(C)C)C1. The number of hydrogen-bond acceptors (Lipinski definition) is 3. The average molecular weight is 230 g/mol. The second-order valence-corrected chi connectivity index (χ2v) is 5.79. The van der Waals surface area contributed by atoms with E-state index in [1.807, 2.05) is 11.8 Å². The Kier molecular flexibility index (Phi) is 6.69. The van der Waals surface area contributed by atoms with Crippen molar-refractivity contribution in [2.24, 2.45) is 0 Å². The third-order valence-electron chi connectivity index (χ3n) is 2.90. The van der Waals surface area contributed by atoms with Crippen LogP contribution in [0.5, 0.6) is 0 Å². The maximum atomic E-state index is 3.66. The van der Waals surface area contributed by atoms with Crippen LogP contribution in [0, 0.1) is 0 Å². The fourth-order valence-corrected chi connectivity index (χ4v) is 2.72. The van der Waals surface area contributed by atoms with E-state index < -0.39 is 0 Å². The fourth-order valence-electron chi connectivity index (χ4n) is 2.30. The molecular formula is C12H26N2S. The minimum absolute atomic E-state index is 0.626. The van der Waals surface area contributed by atoms with Gasteiger partial charge in [0.25, 0.3) is 0 Å². The molecule has 1 aliphatic rings. The molecule has 0 aromatic heterocycles. The molecule has 1 rings (SSSR count). The molecule has 1 aliphatic heterocycles. The highest BCUT2D eigenvalue weighted by atomic mass is 32.2. The summed E-state index contributed by atoms with van der Waals surface area (Å²) in [7, 11) is 0. The maximum Gasteiger partial charge on any atom is 0.0197 e. The van der Waals surface area contributed by atoms with Gasteiger partial charge in [0.05, 0.1) is 0 Å². The van der Waals surface area contributed by atoms with Crippen LogP contribution in [0.25, 0.3) is 0 Å². The Morgan fingerprint density at radius 3 is 2.93 bits per heavy atom. The van der Waals surface area contributed by atoms with Gasteiger partial charge in [-0.25, -0.2) is 0 Å². The van der Waals surface area contributed by atoms with Gasteiger partial charge in [-0.1, -0.05) is 13.8 Å².